The molecule has 0 saturated carbocycles. The minimum atomic E-state index is 0.0455. The highest BCUT2D eigenvalue weighted by molar-refractivity contribution is 6.31. The molecule has 19 heavy (non-hydrogen) atoms. The van der Waals surface area contributed by atoms with Gasteiger partial charge in [0.1, 0.15) is 0 Å². The zero-order valence-corrected chi connectivity index (χ0v) is 12.0. The third-order valence-electron chi connectivity index (χ3n) is 3.18. The summed E-state index contributed by atoms with van der Waals surface area (Å²) < 4.78 is 0. The van der Waals surface area contributed by atoms with Gasteiger partial charge >= 0.3 is 0 Å². The molecule has 2 aromatic carbocycles. The third kappa shape index (κ3) is 3.28. The molecule has 2 aromatic rings. The molecule has 2 rings (SSSR count). The number of hydrogen-bond donors (Lipinski definition) is 1. The molecule has 3 heteroatoms. The molecule has 1 N–H and O–H groups in total. The van der Waals surface area contributed by atoms with Gasteiger partial charge in [-0.1, -0.05) is 47.5 Å². The number of aryl methyl sites for hydroxylation is 1. The predicted octanol–water partition coefficient (Wildman–Crippen LogP) is 3.78. The van der Waals surface area contributed by atoms with Crippen LogP contribution in [0, 0.1) is 6.92 Å². The Balaban J connectivity index is 2.25. The topological polar surface area (TPSA) is 23.5 Å². The standard InChI is InChI=1S/C16H18ClNO/c1-12-7-8-16(14(9-12)11-19)18(2)10-13-5-3-4-6-15(13)17/h3-9,19H,10-11H2,1-2H3. The third-order valence-corrected chi connectivity index (χ3v) is 3.55. The first-order valence-corrected chi connectivity index (χ1v) is 6.64. The molecule has 0 aliphatic rings. The molecule has 0 aliphatic heterocycles. The summed E-state index contributed by atoms with van der Waals surface area (Å²) in [5, 5.41) is 10.2. The maximum Gasteiger partial charge on any atom is 0.0702 e. The lowest BCUT2D eigenvalue weighted by Crippen LogP contribution is -2.18. The number of anilines is 1. The molecule has 0 aromatic heterocycles. The first kappa shape index (κ1) is 13.9. The fourth-order valence-corrected chi connectivity index (χ4v) is 2.38. The van der Waals surface area contributed by atoms with E-state index in [9.17, 15) is 5.11 Å². The fraction of sp³-hybridized carbons (Fsp3) is 0.250. The zero-order valence-electron chi connectivity index (χ0n) is 11.2. The maximum atomic E-state index is 9.46. The van der Waals surface area contributed by atoms with Gasteiger partial charge in [-0.15, -0.1) is 0 Å². The lowest BCUT2D eigenvalue weighted by Gasteiger charge is -2.23. The Morgan fingerprint density at radius 3 is 2.53 bits per heavy atom. The van der Waals surface area contributed by atoms with Gasteiger partial charge in [-0.25, -0.2) is 0 Å². The molecule has 100 valence electrons. The van der Waals surface area contributed by atoms with Crippen molar-refractivity contribution in [2.24, 2.45) is 0 Å². The van der Waals surface area contributed by atoms with Gasteiger partial charge < -0.3 is 10.0 Å². The van der Waals surface area contributed by atoms with Gasteiger partial charge in [0.05, 0.1) is 6.61 Å². The highest BCUT2D eigenvalue weighted by atomic mass is 35.5. The molecule has 0 radical (unpaired) electrons. The Morgan fingerprint density at radius 2 is 1.84 bits per heavy atom. The van der Waals surface area contributed by atoms with Crippen molar-refractivity contribution in [3.63, 3.8) is 0 Å². The molecule has 0 unspecified atom stereocenters. The normalized spacial score (nSPS) is 10.5. The second-order valence-electron chi connectivity index (χ2n) is 4.74. The molecule has 0 heterocycles. The van der Waals surface area contributed by atoms with E-state index in [0.29, 0.717) is 0 Å². The van der Waals surface area contributed by atoms with Crippen molar-refractivity contribution >= 4 is 17.3 Å². The van der Waals surface area contributed by atoms with E-state index >= 15 is 0 Å². The predicted molar refractivity (Wildman–Crippen MR) is 80.7 cm³/mol. The van der Waals surface area contributed by atoms with Crippen molar-refractivity contribution in [2.75, 3.05) is 11.9 Å². The monoisotopic (exact) mass is 275 g/mol. The van der Waals surface area contributed by atoms with Crippen LogP contribution in [-0.4, -0.2) is 12.2 Å². The summed E-state index contributed by atoms with van der Waals surface area (Å²) in [4.78, 5) is 2.10. The minimum absolute atomic E-state index is 0.0455. The van der Waals surface area contributed by atoms with E-state index in [4.69, 9.17) is 11.6 Å². The summed E-state index contributed by atoms with van der Waals surface area (Å²) in [7, 11) is 2.01. The second-order valence-corrected chi connectivity index (χ2v) is 5.14. The van der Waals surface area contributed by atoms with Gasteiger partial charge in [0.25, 0.3) is 0 Å². The highest BCUT2D eigenvalue weighted by Crippen LogP contribution is 2.24. The average Bonchev–Trinajstić information content (AvgIpc) is 2.41. The van der Waals surface area contributed by atoms with Crippen LogP contribution in [0.25, 0.3) is 0 Å². The summed E-state index contributed by atoms with van der Waals surface area (Å²) in [6, 6.07) is 13.9. The summed E-state index contributed by atoms with van der Waals surface area (Å²) in [5.74, 6) is 0. The number of benzene rings is 2. The van der Waals surface area contributed by atoms with Crippen molar-refractivity contribution in [2.45, 2.75) is 20.1 Å². The summed E-state index contributed by atoms with van der Waals surface area (Å²) in [6.45, 7) is 2.79. The Labute approximate surface area is 119 Å². The molecule has 0 amide bonds. The zero-order chi connectivity index (χ0) is 13.8. The highest BCUT2D eigenvalue weighted by Gasteiger charge is 2.09. The van der Waals surface area contributed by atoms with E-state index < -0.39 is 0 Å². The SMILES string of the molecule is Cc1ccc(N(C)Cc2ccccc2Cl)c(CO)c1. The lowest BCUT2D eigenvalue weighted by molar-refractivity contribution is 0.282. The quantitative estimate of drug-likeness (QED) is 0.918. The molecule has 0 saturated heterocycles. The van der Waals surface area contributed by atoms with Crippen LogP contribution in [0.15, 0.2) is 42.5 Å². The number of aliphatic hydroxyl groups excluding tert-OH is 1. The average molecular weight is 276 g/mol. The summed E-state index contributed by atoms with van der Waals surface area (Å²) in [6.07, 6.45) is 0. The van der Waals surface area contributed by atoms with Crippen molar-refractivity contribution < 1.29 is 5.11 Å². The largest absolute Gasteiger partial charge is 0.392 e. The van der Waals surface area contributed by atoms with Gasteiger partial charge in [0.15, 0.2) is 0 Å². The molecule has 0 spiro atoms. The fourth-order valence-electron chi connectivity index (χ4n) is 2.18. The smallest absolute Gasteiger partial charge is 0.0702 e. The molecule has 0 atom stereocenters. The van der Waals surface area contributed by atoms with Crippen LogP contribution in [0.2, 0.25) is 5.02 Å². The Hall–Kier alpha value is -1.51. The molecular formula is C16H18ClNO. The Morgan fingerprint density at radius 1 is 1.11 bits per heavy atom. The van der Waals surface area contributed by atoms with E-state index in [1.165, 1.54) is 0 Å². The molecular weight excluding hydrogens is 258 g/mol. The van der Waals surface area contributed by atoms with E-state index in [-0.39, 0.29) is 6.61 Å². The molecule has 0 fully saturated rings. The molecule has 0 aliphatic carbocycles. The Kier molecular flexibility index (Phi) is 4.46. The van der Waals surface area contributed by atoms with Crippen LogP contribution in [0.5, 0.6) is 0 Å². The first-order valence-electron chi connectivity index (χ1n) is 6.26. The number of nitrogens with zero attached hydrogens (tertiary/aromatic N) is 1. The second kappa shape index (κ2) is 6.09. The summed E-state index contributed by atoms with van der Waals surface area (Å²) in [5.41, 5.74) is 4.21. The van der Waals surface area contributed by atoms with Crippen molar-refractivity contribution in [1.29, 1.82) is 0 Å². The molecule has 2 nitrogen and oxygen atoms in total. The van der Waals surface area contributed by atoms with Crippen molar-refractivity contribution in [1.82, 2.24) is 0 Å². The van der Waals surface area contributed by atoms with Crippen molar-refractivity contribution in [3.05, 3.63) is 64.2 Å². The van der Waals surface area contributed by atoms with Gasteiger partial charge in [-0.3, -0.25) is 0 Å². The van der Waals surface area contributed by atoms with Crippen LogP contribution >= 0.6 is 11.6 Å². The van der Waals surface area contributed by atoms with Crippen LogP contribution in [0.3, 0.4) is 0 Å². The van der Waals surface area contributed by atoms with Gasteiger partial charge in [-0.2, -0.15) is 0 Å². The van der Waals surface area contributed by atoms with Crippen LogP contribution in [-0.2, 0) is 13.2 Å². The van der Waals surface area contributed by atoms with Crippen LogP contribution in [0.4, 0.5) is 5.69 Å². The molecule has 0 bridgehead atoms. The number of rotatable bonds is 4. The van der Waals surface area contributed by atoms with Gasteiger partial charge in [0.2, 0.25) is 0 Å². The lowest BCUT2D eigenvalue weighted by atomic mass is 10.1. The first-order chi connectivity index (χ1) is 9.11. The van der Waals surface area contributed by atoms with E-state index in [2.05, 4.69) is 11.0 Å². The minimum Gasteiger partial charge on any atom is -0.392 e. The van der Waals surface area contributed by atoms with Crippen molar-refractivity contribution in [3.8, 4) is 0 Å². The van der Waals surface area contributed by atoms with Crippen LogP contribution in [0.1, 0.15) is 16.7 Å². The summed E-state index contributed by atoms with van der Waals surface area (Å²) >= 11 is 6.18. The number of hydrogen-bond acceptors (Lipinski definition) is 2. The van der Waals surface area contributed by atoms with E-state index in [1.807, 2.05) is 50.4 Å². The number of halogens is 1. The van der Waals surface area contributed by atoms with E-state index in [0.717, 1.165) is 33.9 Å². The Bertz CT molecular complexity index is 568. The maximum absolute atomic E-state index is 9.46. The van der Waals surface area contributed by atoms with Gasteiger partial charge in [-0.05, 0) is 24.6 Å². The van der Waals surface area contributed by atoms with Crippen LogP contribution < -0.4 is 4.90 Å². The van der Waals surface area contributed by atoms with E-state index in [1.54, 1.807) is 0 Å². The number of aliphatic hydroxyl groups is 1. The van der Waals surface area contributed by atoms with Gasteiger partial charge in [0, 0.05) is 29.9 Å².